The van der Waals surface area contributed by atoms with E-state index in [0.29, 0.717) is 17.6 Å². The summed E-state index contributed by atoms with van der Waals surface area (Å²) in [6, 6.07) is 6.45. The van der Waals surface area contributed by atoms with Gasteiger partial charge in [0.05, 0.1) is 18.0 Å². The van der Waals surface area contributed by atoms with Crippen LogP contribution in [0.4, 0.5) is 17.5 Å². The van der Waals surface area contributed by atoms with Crippen LogP contribution in [0, 0.1) is 0 Å². The maximum atomic E-state index is 4.70. The molecule has 1 aromatic carbocycles. The van der Waals surface area contributed by atoms with Gasteiger partial charge in [-0.05, 0) is 31.0 Å². The van der Waals surface area contributed by atoms with Crippen molar-refractivity contribution in [2.24, 2.45) is 0 Å². The third kappa shape index (κ3) is 2.83. The number of hydrogen-bond donors (Lipinski definition) is 4. The zero-order valence-corrected chi connectivity index (χ0v) is 14.3. The third-order valence-electron chi connectivity index (χ3n) is 4.93. The standard InChI is InChI=1S/C18H20N8/c1-2-4-12(5-3-1)22-17-15-16(20-10-19-15)24-18(25-17)23-13-7-6-11-9-21-26-14(11)8-13/h6-10,12H,1-5H2,(H,21,26)(H3,19,20,22,23,24,25). The summed E-state index contributed by atoms with van der Waals surface area (Å²) in [5.41, 5.74) is 3.38. The molecule has 3 heterocycles. The van der Waals surface area contributed by atoms with E-state index in [1.54, 1.807) is 12.5 Å². The number of hydrogen-bond acceptors (Lipinski definition) is 6. The van der Waals surface area contributed by atoms with Crippen molar-refractivity contribution in [3.8, 4) is 0 Å². The van der Waals surface area contributed by atoms with Crippen molar-refractivity contribution < 1.29 is 0 Å². The molecule has 5 rings (SSSR count). The minimum absolute atomic E-state index is 0.458. The van der Waals surface area contributed by atoms with Gasteiger partial charge in [-0.25, -0.2) is 4.98 Å². The molecule has 8 heteroatoms. The molecule has 1 saturated carbocycles. The van der Waals surface area contributed by atoms with Gasteiger partial charge in [0, 0.05) is 17.1 Å². The van der Waals surface area contributed by atoms with Gasteiger partial charge < -0.3 is 15.6 Å². The fraction of sp³-hybridized carbons (Fsp3) is 0.333. The Morgan fingerprint density at radius 3 is 2.92 bits per heavy atom. The summed E-state index contributed by atoms with van der Waals surface area (Å²) < 4.78 is 0. The van der Waals surface area contributed by atoms with E-state index in [4.69, 9.17) is 4.98 Å². The van der Waals surface area contributed by atoms with Gasteiger partial charge in [0.2, 0.25) is 5.95 Å². The lowest BCUT2D eigenvalue weighted by Crippen LogP contribution is -2.23. The number of aromatic nitrogens is 6. The lowest BCUT2D eigenvalue weighted by atomic mass is 9.95. The van der Waals surface area contributed by atoms with E-state index < -0.39 is 0 Å². The molecule has 1 aliphatic rings. The molecule has 0 atom stereocenters. The number of nitrogens with one attached hydrogen (secondary N) is 4. The molecule has 4 N–H and O–H groups in total. The number of H-pyrrole nitrogens is 2. The Hall–Kier alpha value is -3.16. The number of rotatable bonds is 4. The Labute approximate surface area is 149 Å². The molecule has 0 saturated heterocycles. The second-order valence-electron chi connectivity index (χ2n) is 6.77. The quantitative estimate of drug-likeness (QED) is 0.448. The van der Waals surface area contributed by atoms with Crippen LogP contribution in [0.15, 0.2) is 30.7 Å². The van der Waals surface area contributed by atoms with Crippen LogP contribution in [0.3, 0.4) is 0 Å². The van der Waals surface area contributed by atoms with Gasteiger partial charge in [0.1, 0.15) is 5.52 Å². The van der Waals surface area contributed by atoms with Crippen LogP contribution in [0.2, 0.25) is 0 Å². The fourth-order valence-electron chi connectivity index (χ4n) is 3.58. The van der Waals surface area contributed by atoms with Crippen LogP contribution in [-0.2, 0) is 0 Å². The van der Waals surface area contributed by atoms with Crippen LogP contribution in [0.25, 0.3) is 22.1 Å². The Bertz CT molecular complexity index is 1040. The van der Waals surface area contributed by atoms with E-state index in [1.165, 1.54) is 32.1 Å². The maximum absolute atomic E-state index is 4.70. The third-order valence-corrected chi connectivity index (χ3v) is 4.93. The first-order valence-electron chi connectivity index (χ1n) is 9.03. The molecule has 0 amide bonds. The summed E-state index contributed by atoms with van der Waals surface area (Å²) >= 11 is 0. The summed E-state index contributed by atoms with van der Waals surface area (Å²) in [6.45, 7) is 0. The molecule has 3 aromatic heterocycles. The lowest BCUT2D eigenvalue weighted by molar-refractivity contribution is 0.462. The van der Waals surface area contributed by atoms with E-state index in [2.05, 4.69) is 35.8 Å². The van der Waals surface area contributed by atoms with Gasteiger partial charge in [-0.3, -0.25) is 5.10 Å². The van der Waals surface area contributed by atoms with Gasteiger partial charge in [-0.15, -0.1) is 0 Å². The van der Waals surface area contributed by atoms with Gasteiger partial charge in [-0.2, -0.15) is 15.1 Å². The molecule has 0 unspecified atom stereocenters. The van der Waals surface area contributed by atoms with Crippen LogP contribution in [0.1, 0.15) is 32.1 Å². The van der Waals surface area contributed by atoms with Crippen LogP contribution >= 0.6 is 0 Å². The van der Waals surface area contributed by atoms with E-state index >= 15 is 0 Å². The highest BCUT2D eigenvalue weighted by Crippen LogP contribution is 2.26. The van der Waals surface area contributed by atoms with E-state index in [1.807, 2.05) is 18.2 Å². The first kappa shape index (κ1) is 15.1. The van der Waals surface area contributed by atoms with Crippen molar-refractivity contribution in [2.75, 3.05) is 10.6 Å². The number of benzene rings is 1. The fourth-order valence-corrected chi connectivity index (χ4v) is 3.58. The van der Waals surface area contributed by atoms with Crippen LogP contribution < -0.4 is 10.6 Å². The van der Waals surface area contributed by atoms with Crippen molar-refractivity contribution >= 4 is 39.5 Å². The van der Waals surface area contributed by atoms with Crippen molar-refractivity contribution in [3.63, 3.8) is 0 Å². The second-order valence-corrected chi connectivity index (χ2v) is 6.77. The zero-order chi connectivity index (χ0) is 17.3. The monoisotopic (exact) mass is 348 g/mol. The minimum atomic E-state index is 0.458. The Morgan fingerprint density at radius 1 is 1.08 bits per heavy atom. The summed E-state index contributed by atoms with van der Waals surface area (Å²) in [7, 11) is 0. The van der Waals surface area contributed by atoms with Gasteiger partial charge >= 0.3 is 0 Å². The molecule has 4 aromatic rings. The molecule has 1 fully saturated rings. The highest BCUT2D eigenvalue weighted by molar-refractivity contribution is 5.85. The zero-order valence-electron chi connectivity index (χ0n) is 14.3. The Kier molecular flexibility index (Phi) is 3.66. The molecule has 0 aliphatic heterocycles. The molecule has 132 valence electrons. The molecule has 1 aliphatic carbocycles. The predicted octanol–water partition coefficient (Wildman–Crippen LogP) is 3.72. The van der Waals surface area contributed by atoms with Crippen molar-refractivity contribution in [1.82, 2.24) is 30.1 Å². The van der Waals surface area contributed by atoms with Crippen LogP contribution in [-0.4, -0.2) is 36.2 Å². The van der Waals surface area contributed by atoms with Gasteiger partial charge in [0.15, 0.2) is 11.5 Å². The Morgan fingerprint density at radius 2 is 2.00 bits per heavy atom. The van der Waals surface area contributed by atoms with Crippen LogP contribution in [0.5, 0.6) is 0 Å². The highest BCUT2D eigenvalue weighted by Gasteiger charge is 2.17. The lowest BCUT2D eigenvalue weighted by Gasteiger charge is -2.23. The normalized spacial score (nSPS) is 15.5. The summed E-state index contributed by atoms with van der Waals surface area (Å²) in [4.78, 5) is 16.7. The number of anilines is 3. The van der Waals surface area contributed by atoms with E-state index in [-0.39, 0.29) is 0 Å². The number of nitrogens with zero attached hydrogens (tertiary/aromatic N) is 4. The molecule has 0 bridgehead atoms. The summed E-state index contributed by atoms with van der Waals surface area (Å²) in [5, 5.41) is 15.0. The number of aromatic amines is 2. The van der Waals surface area contributed by atoms with E-state index in [9.17, 15) is 0 Å². The summed E-state index contributed by atoms with van der Waals surface area (Å²) in [5.74, 6) is 1.34. The topological polar surface area (TPSA) is 107 Å². The SMILES string of the molecule is c1nc2nc(Nc3ccc4cn[nH]c4c3)nc(NC3CCCCC3)c2[nH]1. The van der Waals surface area contributed by atoms with Gasteiger partial charge in [-0.1, -0.05) is 19.3 Å². The first-order valence-corrected chi connectivity index (χ1v) is 9.03. The highest BCUT2D eigenvalue weighted by atomic mass is 15.2. The maximum Gasteiger partial charge on any atom is 0.231 e. The minimum Gasteiger partial charge on any atom is -0.365 e. The molecular weight excluding hydrogens is 328 g/mol. The molecule has 0 radical (unpaired) electrons. The summed E-state index contributed by atoms with van der Waals surface area (Å²) in [6.07, 6.45) is 9.68. The molecular formula is C18H20N8. The van der Waals surface area contributed by atoms with Gasteiger partial charge in [0.25, 0.3) is 0 Å². The predicted molar refractivity (Wildman–Crippen MR) is 102 cm³/mol. The van der Waals surface area contributed by atoms with Crippen molar-refractivity contribution in [2.45, 2.75) is 38.1 Å². The van der Waals surface area contributed by atoms with E-state index in [0.717, 1.165) is 27.9 Å². The average molecular weight is 348 g/mol. The first-order chi connectivity index (χ1) is 12.8. The largest absolute Gasteiger partial charge is 0.365 e. The van der Waals surface area contributed by atoms with Crippen molar-refractivity contribution in [3.05, 3.63) is 30.7 Å². The number of fused-ring (bicyclic) bond motifs is 2. The molecule has 26 heavy (non-hydrogen) atoms. The molecule has 8 nitrogen and oxygen atoms in total. The van der Waals surface area contributed by atoms with Crippen molar-refractivity contribution in [1.29, 1.82) is 0 Å². The second kappa shape index (κ2) is 6.29. The molecule has 0 spiro atoms. The average Bonchev–Trinajstić information content (AvgIpc) is 3.31. The Balaban J connectivity index is 1.46. The smallest absolute Gasteiger partial charge is 0.231 e. The number of imidazole rings is 1.